The fourth-order valence-electron chi connectivity index (χ4n) is 2.37. The summed E-state index contributed by atoms with van der Waals surface area (Å²) in [5, 5.41) is 3.85. The van der Waals surface area contributed by atoms with E-state index in [2.05, 4.69) is 5.32 Å². The molecule has 3 N–H and O–H groups in total. The topological polar surface area (TPSA) is 68.3 Å². The molecule has 1 aliphatic carbocycles. The lowest BCUT2D eigenvalue weighted by Gasteiger charge is -2.10. The minimum atomic E-state index is -0.176. The van der Waals surface area contributed by atoms with Crippen LogP contribution < -0.4 is 11.1 Å². The van der Waals surface area contributed by atoms with E-state index in [9.17, 15) is 4.79 Å². The van der Waals surface area contributed by atoms with Crippen LogP contribution in [0, 0.1) is 12.8 Å². The van der Waals surface area contributed by atoms with E-state index in [1.165, 1.54) is 12.8 Å². The average molecular weight is 258 g/mol. The third-order valence-electron chi connectivity index (χ3n) is 3.78. The third-order valence-corrected chi connectivity index (χ3v) is 3.78. The van der Waals surface area contributed by atoms with Gasteiger partial charge in [0, 0.05) is 23.5 Å². The van der Waals surface area contributed by atoms with Crippen LogP contribution in [0.3, 0.4) is 0 Å². The van der Waals surface area contributed by atoms with Gasteiger partial charge in [0.15, 0.2) is 5.76 Å². The zero-order valence-corrected chi connectivity index (χ0v) is 11.0. The van der Waals surface area contributed by atoms with Crippen LogP contribution in [0.5, 0.6) is 0 Å². The Kier molecular flexibility index (Phi) is 3.03. The van der Waals surface area contributed by atoms with Crippen molar-refractivity contribution >= 4 is 16.9 Å². The number of fused-ring (bicyclic) bond motifs is 1. The van der Waals surface area contributed by atoms with Gasteiger partial charge in [-0.1, -0.05) is 18.2 Å². The molecule has 0 radical (unpaired) electrons. The Balaban J connectivity index is 1.75. The Hall–Kier alpha value is -1.81. The molecule has 3 rings (SSSR count). The smallest absolute Gasteiger partial charge is 0.287 e. The number of amides is 1. The van der Waals surface area contributed by atoms with Crippen molar-refractivity contribution in [1.82, 2.24) is 5.32 Å². The fourth-order valence-corrected chi connectivity index (χ4v) is 2.37. The predicted octanol–water partition coefficient (Wildman–Crippen LogP) is 2.21. The van der Waals surface area contributed by atoms with Gasteiger partial charge in [0.2, 0.25) is 0 Å². The number of nitrogens with one attached hydrogen (secondary N) is 1. The van der Waals surface area contributed by atoms with Crippen molar-refractivity contribution in [1.29, 1.82) is 0 Å². The van der Waals surface area contributed by atoms with E-state index in [-0.39, 0.29) is 11.9 Å². The summed E-state index contributed by atoms with van der Waals surface area (Å²) in [4.78, 5) is 12.1. The molecular weight excluding hydrogens is 240 g/mol. The summed E-state index contributed by atoms with van der Waals surface area (Å²) in [6, 6.07) is 7.73. The lowest BCUT2D eigenvalue weighted by atomic mass is 10.1. The highest BCUT2D eigenvalue weighted by atomic mass is 16.3. The predicted molar refractivity (Wildman–Crippen MR) is 74.0 cm³/mol. The zero-order chi connectivity index (χ0) is 13.4. The Morgan fingerprint density at radius 3 is 2.89 bits per heavy atom. The first-order valence-electron chi connectivity index (χ1n) is 6.68. The van der Waals surface area contributed by atoms with Crippen LogP contribution >= 0.6 is 0 Å². The summed E-state index contributed by atoms with van der Waals surface area (Å²) >= 11 is 0. The van der Waals surface area contributed by atoms with Crippen LogP contribution in [0.15, 0.2) is 28.7 Å². The van der Waals surface area contributed by atoms with Crippen molar-refractivity contribution < 1.29 is 9.21 Å². The molecule has 1 heterocycles. The van der Waals surface area contributed by atoms with Crippen LogP contribution in [0.1, 0.15) is 29.0 Å². The summed E-state index contributed by atoms with van der Waals surface area (Å²) in [7, 11) is 0. The summed E-state index contributed by atoms with van der Waals surface area (Å²) in [5.41, 5.74) is 7.60. The Bertz CT molecular complexity index is 614. The normalized spacial score (nSPS) is 16.5. The Morgan fingerprint density at radius 1 is 1.47 bits per heavy atom. The lowest BCUT2D eigenvalue weighted by molar-refractivity contribution is 0.0924. The molecule has 19 heavy (non-hydrogen) atoms. The van der Waals surface area contributed by atoms with E-state index in [1.807, 2.05) is 31.2 Å². The van der Waals surface area contributed by atoms with Gasteiger partial charge in [0.05, 0.1) is 0 Å². The highest BCUT2D eigenvalue weighted by Crippen LogP contribution is 2.31. The third kappa shape index (κ3) is 2.36. The van der Waals surface area contributed by atoms with Crippen molar-refractivity contribution in [2.45, 2.75) is 25.8 Å². The fraction of sp³-hybridized carbons (Fsp3) is 0.400. The van der Waals surface area contributed by atoms with Crippen molar-refractivity contribution in [3.63, 3.8) is 0 Å². The number of benzene rings is 1. The lowest BCUT2D eigenvalue weighted by Crippen LogP contribution is -2.38. The van der Waals surface area contributed by atoms with Crippen LogP contribution in [0.4, 0.5) is 0 Å². The maximum absolute atomic E-state index is 12.1. The van der Waals surface area contributed by atoms with Crippen molar-refractivity contribution in [2.75, 3.05) is 6.54 Å². The molecule has 1 amide bonds. The number of rotatable bonds is 4. The highest BCUT2D eigenvalue weighted by molar-refractivity contribution is 5.98. The van der Waals surface area contributed by atoms with Gasteiger partial charge in [-0.05, 0) is 31.7 Å². The van der Waals surface area contributed by atoms with E-state index in [1.54, 1.807) is 0 Å². The summed E-state index contributed by atoms with van der Waals surface area (Å²) < 4.78 is 5.62. The molecule has 1 aromatic heterocycles. The number of hydrogen-bond donors (Lipinski definition) is 2. The minimum Gasteiger partial charge on any atom is -0.451 e. The first-order chi connectivity index (χ1) is 9.16. The molecule has 1 aromatic carbocycles. The maximum Gasteiger partial charge on any atom is 0.287 e. The van der Waals surface area contributed by atoms with Gasteiger partial charge in [0.1, 0.15) is 5.58 Å². The zero-order valence-electron chi connectivity index (χ0n) is 11.0. The van der Waals surface area contributed by atoms with E-state index >= 15 is 0 Å². The maximum atomic E-state index is 12.1. The standard InChI is InChI=1S/C15H18N2O2/c1-9-11-4-2-3-5-13(11)19-14(9)15(18)17-8-12(16)10-6-7-10/h2-5,10,12H,6-8,16H2,1H3,(H,17,18). The van der Waals surface area contributed by atoms with Gasteiger partial charge in [-0.15, -0.1) is 0 Å². The van der Waals surface area contributed by atoms with E-state index in [0.717, 1.165) is 16.5 Å². The Labute approximate surface area is 112 Å². The first-order valence-corrected chi connectivity index (χ1v) is 6.68. The van der Waals surface area contributed by atoms with E-state index in [4.69, 9.17) is 10.2 Å². The molecule has 0 bridgehead atoms. The van der Waals surface area contributed by atoms with Crippen LogP contribution in [0.2, 0.25) is 0 Å². The number of para-hydroxylation sites is 1. The molecule has 1 unspecified atom stereocenters. The average Bonchev–Trinajstić information content (AvgIpc) is 3.21. The second-order valence-corrected chi connectivity index (χ2v) is 5.26. The molecule has 0 saturated heterocycles. The van der Waals surface area contributed by atoms with Gasteiger partial charge >= 0.3 is 0 Å². The number of furan rings is 1. The molecule has 1 atom stereocenters. The number of hydrogen-bond acceptors (Lipinski definition) is 3. The molecule has 1 saturated carbocycles. The Morgan fingerprint density at radius 2 is 2.21 bits per heavy atom. The summed E-state index contributed by atoms with van der Waals surface area (Å²) in [6.07, 6.45) is 2.36. The van der Waals surface area contributed by atoms with Gasteiger partial charge in [0.25, 0.3) is 5.91 Å². The monoisotopic (exact) mass is 258 g/mol. The summed E-state index contributed by atoms with van der Waals surface area (Å²) in [5.74, 6) is 0.797. The molecule has 100 valence electrons. The number of nitrogens with two attached hydrogens (primary N) is 1. The first kappa shape index (κ1) is 12.2. The minimum absolute atomic E-state index is 0.0636. The number of aryl methyl sites for hydroxylation is 1. The van der Waals surface area contributed by atoms with Gasteiger partial charge in [-0.3, -0.25) is 4.79 Å². The van der Waals surface area contributed by atoms with Crippen LogP contribution in [0.25, 0.3) is 11.0 Å². The van der Waals surface area contributed by atoms with Crippen molar-refractivity contribution in [2.24, 2.45) is 11.7 Å². The largest absolute Gasteiger partial charge is 0.451 e. The molecule has 0 spiro atoms. The molecule has 2 aromatic rings. The highest BCUT2D eigenvalue weighted by Gasteiger charge is 2.29. The van der Waals surface area contributed by atoms with Gasteiger partial charge < -0.3 is 15.5 Å². The molecular formula is C15H18N2O2. The van der Waals surface area contributed by atoms with E-state index in [0.29, 0.717) is 18.2 Å². The van der Waals surface area contributed by atoms with Crippen molar-refractivity contribution in [3.8, 4) is 0 Å². The second-order valence-electron chi connectivity index (χ2n) is 5.26. The van der Waals surface area contributed by atoms with Crippen LogP contribution in [-0.2, 0) is 0 Å². The quantitative estimate of drug-likeness (QED) is 0.883. The molecule has 4 nitrogen and oxygen atoms in total. The molecule has 4 heteroatoms. The van der Waals surface area contributed by atoms with E-state index < -0.39 is 0 Å². The number of carbonyl (C=O) groups excluding carboxylic acids is 1. The van der Waals surface area contributed by atoms with Gasteiger partial charge in [-0.25, -0.2) is 0 Å². The number of carbonyl (C=O) groups is 1. The van der Waals surface area contributed by atoms with Crippen molar-refractivity contribution in [3.05, 3.63) is 35.6 Å². The molecule has 0 aliphatic heterocycles. The molecule has 1 fully saturated rings. The molecule has 1 aliphatic rings. The van der Waals surface area contributed by atoms with Gasteiger partial charge in [-0.2, -0.15) is 0 Å². The van der Waals surface area contributed by atoms with Crippen LogP contribution in [-0.4, -0.2) is 18.5 Å². The SMILES string of the molecule is Cc1c(C(=O)NCC(N)C2CC2)oc2ccccc12. The second kappa shape index (κ2) is 4.70. The summed E-state index contributed by atoms with van der Waals surface area (Å²) in [6.45, 7) is 2.42.